The highest BCUT2D eigenvalue weighted by molar-refractivity contribution is 9.10. The van der Waals surface area contributed by atoms with Crippen molar-refractivity contribution in [2.45, 2.75) is 6.04 Å². The molecule has 1 fully saturated rings. The van der Waals surface area contributed by atoms with Gasteiger partial charge in [0.05, 0.1) is 6.04 Å². The molecule has 0 spiro atoms. The summed E-state index contributed by atoms with van der Waals surface area (Å²) in [5.41, 5.74) is 3.01. The van der Waals surface area contributed by atoms with Crippen molar-refractivity contribution in [1.82, 2.24) is 9.80 Å². The van der Waals surface area contributed by atoms with Gasteiger partial charge in [-0.05, 0) is 47.5 Å². The fourth-order valence-corrected chi connectivity index (χ4v) is 4.12. The van der Waals surface area contributed by atoms with Crippen molar-refractivity contribution >= 4 is 21.8 Å². The quantitative estimate of drug-likeness (QED) is 0.547. The highest BCUT2D eigenvalue weighted by Gasteiger charge is 2.28. The maximum Gasteiger partial charge on any atom is 0.253 e. The lowest BCUT2D eigenvalue weighted by Gasteiger charge is -2.39. The van der Waals surface area contributed by atoms with Gasteiger partial charge in [-0.15, -0.1) is 0 Å². The van der Waals surface area contributed by atoms with Crippen LogP contribution in [0.5, 0.6) is 0 Å². The monoisotopic (exact) mass is 452 g/mol. The first-order chi connectivity index (χ1) is 14.1. The van der Waals surface area contributed by atoms with Gasteiger partial charge in [0.15, 0.2) is 0 Å². The van der Waals surface area contributed by atoms with Gasteiger partial charge < -0.3 is 4.90 Å². The lowest BCUT2D eigenvalue weighted by atomic mass is 9.96. The van der Waals surface area contributed by atoms with E-state index in [9.17, 15) is 9.18 Å². The molecule has 0 unspecified atom stereocenters. The molecule has 0 aromatic heterocycles. The van der Waals surface area contributed by atoms with Crippen LogP contribution in [-0.2, 0) is 0 Å². The van der Waals surface area contributed by atoms with Gasteiger partial charge in [0.2, 0.25) is 0 Å². The summed E-state index contributed by atoms with van der Waals surface area (Å²) in [4.78, 5) is 17.0. The molecule has 0 N–H and O–H groups in total. The van der Waals surface area contributed by atoms with Crippen LogP contribution in [0.4, 0.5) is 4.39 Å². The molecule has 5 heteroatoms. The van der Waals surface area contributed by atoms with Crippen molar-refractivity contribution in [2.24, 2.45) is 0 Å². The van der Waals surface area contributed by atoms with Gasteiger partial charge in [-0.25, -0.2) is 4.39 Å². The number of hydrogen-bond donors (Lipinski definition) is 0. The largest absolute Gasteiger partial charge is 0.336 e. The van der Waals surface area contributed by atoms with Crippen LogP contribution in [0, 0.1) is 5.82 Å². The summed E-state index contributed by atoms with van der Waals surface area (Å²) in [6.07, 6.45) is 0. The van der Waals surface area contributed by atoms with Gasteiger partial charge in [-0.2, -0.15) is 0 Å². The molecular formula is C24H22BrFN2O. The lowest BCUT2D eigenvalue weighted by Crippen LogP contribution is -2.49. The Hall–Kier alpha value is -2.50. The van der Waals surface area contributed by atoms with Crippen LogP contribution in [0.2, 0.25) is 0 Å². The van der Waals surface area contributed by atoms with E-state index < -0.39 is 0 Å². The van der Waals surface area contributed by atoms with Crippen molar-refractivity contribution in [3.8, 4) is 0 Å². The molecule has 0 bridgehead atoms. The summed E-state index contributed by atoms with van der Waals surface area (Å²) in [5, 5.41) is 0. The fraction of sp³-hybridized carbons (Fsp3) is 0.208. The number of halogens is 2. The maximum atomic E-state index is 13.1. The standard InChI is InChI=1S/C24H22BrFN2O/c25-21-10-6-19(7-11-21)23(18-4-2-1-3-5-18)27-14-16-28(17-15-27)24(29)20-8-12-22(26)13-9-20/h1-13,23H,14-17H2/t23-/m0/s1. The highest BCUT2D eigenvalue weighted by Crippen LogP contribution is 2.30. The van der Waals surface area contributed by atoms with Crippen LogP contribution < -0.4 is 0 Å². The average Bonchev–Trinajstić information content (AvgIpc) is 2.77. The number of rotatable bonds is 4. The van der Waals surface area contributed by atoms with E-state index in [1.54, 1.807) is 12.1 Å². The Bertz CT molecular complexity index is 952. The number of carbonyl (C=O) groups is 1. The molecule has 1 atom stereocenters. The third-order valence-corrected chi connectivity index (χ3v) is 5.89. The molecule has 148 valence electrons. The second kappa shape index (κ2) is 8.89. The molecular weight excluding hydrogens is 431 g/mol. The highest BCUT2D eigenvalue weighted by atomic mass is 79.9. The molecule has 3 aromatic carbocycles. The Kier molecular flexibility index (Phi) is 6.07. The molecule has 29 heavy (non-hydrogen) atoms. The summed E-state index contributed by atoms with van der Waals surface area (Å²) in [6.45, 7) is 2.86. The molecule has 1 saturated heterocycles. The Balaban J connectivity index is 1.51. The predicted octanol–water partition coefficient (Wildman–Crippen LogP) is 5.14. The topological polar surface area (TPSA) is 23.6 Å². The molecule has 1 aliphatic heterocycles. The summed E-state index contributed by atoms with van der Waals surface area (Å²) in [7, 11) is 0. The molecule has 4 rings (SSSR count). The Morgan fingerprint density at radius 3 is 2.00 bits per heavy atom. The molecule has 1 heterocycles. The second-order valence-electron chi connectivity index (χ2n) is 7.20. The molecule has 3 nitrogen and oxygen atoms in total. The zero-order chi connectivity index (χ0) is 20.2. The molecule has 0 saturated carbocycles. The van der Waals surface area contributed by atoms with E-state index in [4.69, 9.17) is 0 Å². The minimum absolute atomic E-state index is 0.0375. The van der Waals surface area contributed by atoms with Crippen molar-refractivity contribution < 1.29 is 9.18 Å². The summed E-state index contributed by atoms with van der Waals surface area (Å²) >= 11 is 3.52. The van der Waals surface area contributed by atoms with Gasteiger partial charge in [-0.1, -0.05) is 58.4 Å². The Morgan fingerprint density at radius 1 is 0.793 bits per heavy atom. The number of hydrogen-bond acceptors (Lipinski definition) is 2. The smallest absolute Gasteiger partial charge is 0.253 e. The van der Waals surface area contributed by atoms with Crippen molar-refractivity contribution in [2.75, 3.05) is 26.2 Å². The molecule has 3 aromatic rings. The average molecular weight is 453 g/mol. The first-order valence-electron chi connectivity index (χ1n) is 9.71. The number of nitrogens with zero attached hydrogens (tertiary/aromatic N) is 2. The van der Waals surface area contributed by atoms with Gasteiger partial charge >= 0.3 is 0 Å². The normalized spacial score (nSPS) is 15.9. The van der Waals surface area contributed by atoms with Gasteiger partial charge in [0, 0.05) is 36.2 Å². The van der Waals surface area contributed by atoms with E-state index >= 15 is 0 Å². The van der Waals surface area contributed by atoms with E-state index in [-0.39, 0.29) is 17.8 Å². The van der Waals surface area contributed by atoms with Crippen LogP contribution in [0.25, 0.3) is 0 Å². The minimum atomic E-state index is -0.327. The zero-order valence-corrected chi connectivity index (χ0v) is 17.6. The van der Waals surface area contributed by atoms with Crippen LogP contribution in [0.3, 0.4) is 0 Å². The first-order valence-corrected chi connectivity index (χ1v) is 10.5. The molecule has 0 radical (unpaired) electrons. The van der Waals surface area contributed by atoms with Crippen LogP contribution in [-0.4, -0.2) is 41.9 Å². The third kappa shape index (κ3) is 4.57. The third-order valence-electron chi connectivity index (χ3n) is 5.36. The summed E-state index contributed by atoms with van der Waals surface area (Å²) in [5.74, 6) is -0.365. The van der Waals surface area contributed by atoms with E-state index in [1.807, 2.05) is 11.0 Å². The van der Waals surface area contributed by atoms with Crippen LogP contribution in [0.1, 0.15) is 27.5 Å². The predicted molar refractivity (Wildman–Crippen MR) is 116 cm³/mol. The van der Waals surface area contributed by atoms with Crippen LogP contribution >= 0.6 is 15.9 Å². The van der Waals surface area contributed by atoms with Crippen molar-refractivity contribution in [3.05, 3.63) is 106 Å². The lowest BCUT2D eigenvalue weighted by molar-refractivity contribution is 0.0597. The van der Waals surface area contributed by atoms with E-state index in [0.29, 0.717) is 18.7 Å². The van der Waals surface area contributed by atoms with E-state index in [0.717, 1.165) is 17.6 Å². The van der Waals surface area contributed by atoms with Gasteiger partial charge in [-0.3, -0.25) is 9.69 Å². The van der Waals surface area contributed by atoms with Crippen molar-refractivity contribution in [3.63, 3.8) is 0 Å². The van der Waals surface area contributed by atoms with Crippen molar-refractivity contribution in [1.29, 1.82) is 0 Å². The Morgan fingerprint density at radius 2 is 1.38 bits per heavy atom. The van der Waals surface area contributed by atoms with E-state index in [2.05, 4.69) is 69.4 Å². The second-order valence-corrected chi connectivity index (χ2v) is 8.12. The Labute approximate surface area is 178 Å². The molecule has 0 aliphatic carbocycles. The van der Waals surface area contributed by atoms with Gasteiger partial charge in [0.1, 0.15) is 5.82 Å². The zero-order valence-electron chi connectivity index (χ0n) is 16.0. The molecule has 1 amide bonds. The molecule has 1 aliphatic rings. The number of amides is 1. The number of benzene rings is 3. The van der Waals surface area contributed by atoms with Gasteiger partial charge in [0.25, 0.3) is 5.91 Å². The van der Waals surface area contributed by atoms with Crippen LogP contribution in [0.15, 0.2) is 83.3 Å². The number of piperazine rings is 1. The number of carbonyl (C=O) groups excluding carboxylic acids is 1. The SMILES string of the molecule is O=C(c1ccc(F)cc1)N1CCN([C@@H](c2ccccc2)c2ccc(Br)cc2)CC1. The summed E-state index contributed by atoms with van der Waals surface area (Å²) in [6, 6.07) is 24.8. The first kappa shape index (κ1) is 19.8. The fourth-order valence-electron chi connectivity index (χ4n) is 3.85. The minimum Gasteiger partial charge on any atom is -0.336 e. The summed E-state index contributed by atoms with van der Waals surface area (Å²) < 4.78 is 14.2. The maximum absolute atomic E-state index is 13.1. The van der Waals surface area contributed by atoms with E-state index in [1.165, 1.54) is 23.3 Å².